The SMILES string of the molecule is CC(C)(C)S(=O)(=O)N[C@H]1CC[C@H](C(=O)Nc2ccc3[nH]ncc3c2)CC1. The lowest BCUT2D eigenvalue weighted by molar-refractivity contribution is -0.120. The number of H-pyrrole nitrogens is 1. The van der Waals surface area contributed by atoms with Crippen molar-refractivity contribution in [1.29, 1.82) is 0 Å². The van der Waals surface area contributed by atoms with E-state index in [1.54, 1.807) is 27.0 Å². The van der Waals surface area contributed by atoms with Gasteiger partial charge in [-0.3, -0.25) is 9.89 Å². The molecule has 2 aromatic rings. The number of nitrogens with zero attached hydrogens (tertiary/aromatic N) is 1. The van der Waals surface area contributed by atoms with E-state index in [9.17, 15) is 13.2 Å². The lowest BCUT2D eigenvalue weighted by Crippen LogP contribution is -2.46. The fraction of sp³-hybridized carbons (Fsp3) is 0.556. The van der Waals surface area contributed by atoms with E-state index in [2.05, 4.69) is 20.2 Å². The molecule has 1 heterocycles. The molecule has 0 radical (unpaired) electrons. The van der Waals surface area contributed by atoms with Crippen molar-refractivity contribution in [2.45, 2.75) is 57.2 Å². The molecule has 7 nitrogen and oxygen atoms in total. The molecule has 8 heteroatoms. The van der Waals surface area contributed by atoms with Crippen LogP contribution in [-0.2, 0) is 14.8 Å². The van der Waals surface area contributed by atoms with E-state index in [0.29, 0.717) is 25.7 Å². The van der Waals surface area contributed by atoms with Crippen molar-refractivity contribution in [2.24, 2.45) is 5.92 Å². The van der Waals surface area contributed by atoms with Gasteiger partial charge in [0.15, 0.2) is 0 Å². The minimum Gasteiger partial charge on any atom is -0.326 e. The van der Waals surface area contributed by atoms with Gasteiger partial charge in [-0.1, -0.05) is 0 Å². The second-order valence-electron chi connectivity index (χ2n) is 7.94. The fourth-order valence-corrected chi connectivity index (χ4v) is 4.16. The molecule has 1 aromatic carbocycles. The Hall–Kier alpha value is -1.93. The van der Waals surface area contributed by atoms with Crippen molar-refractivity contribution < 1.29 is 13.2 Å². The number of nitrogens with one attached hydrogen (secondary N) is 3. The van der Waals surface area contributed by atoms with Crippen LogP contribution in [0.1, 0.15) is 46.5 Å². The molecule has 1 aliphatic rings. The van der Waals surface area contributed by atoms with Crippen LogP contribution in [0.2, 0.25) is 0 Å². The van der Waals surface area contributed by atoms with Gasteiger partial charge in [0.25, 0.3) is 0 Å². The van der Waals surface area contributed by atoms with Gasteiger partial charge in [0.1, 0.15) is 0 Å². The number of anilines is 1. The highest BCUT2D eigenvalue weighted by Crippen LogP contribution is 2.28. The number of carbonyl (C=O) groups is 1. The molecule has 0 aliphatic heterocycles. The highest BCUT2D eigenvalue weighted by molar-refractivity contribution is 7.90. The molecule has 0 saturated heterocycles. The molecule has 3 rings (SSSR count). The third-order valence-corrected chi connectivity index (χ3v) is 7.19. The number of carbonyl (C=O) groups excluding carboxylic acids is 1. The Morgan fingerprint density at radius 2 is 1.88 bits per heavy atom. The van der Waals surface area contributed by atoms with Crippen LogP contribution in [0.4, 0.5) is 5.69 Å². The molecule has 1 amide bonds. The van der Waals surface area contributed by atoms with Gasteiger partial charge in [-0.15, -0.1) is 0 Å². The van der Waals surface area contributed by atoms with Gasteiger partial charge in [-0.2, -0.15) is 5.10 Å². The van der Waals surface area contributed by atoms with E-state index < -0.39 is 14.8 Å². The lowest BCUT2D eigenvalue weighted by atomic mass is 9.86. The van der Waals surface area contributed by atoms with Gasteiger partial charge in [0.05, 0.1) is 16.5 Å². The minimum absolute atomic E-state index is 0.00928. The maximum atomic E-state index is 12.5. The zero-order valence-electron chi connectivity index (χ0n) is 15.4. The first-order valence-electron chi connectivity index (χ1n) is 8.91. The molecule has 3 N–H and O–H groups in total. The normalized spacial score (nSPS) is 21.7. The molecule has 1 aromatic heterocycles. The van der Waals surface area contributed by atoms with E-state index in [0.717, 1.165) is 16.6 Å². The van der Waals surface area contributed by atoms with E-state index in [1.165, 1.54) is 0 Å². The molecule has 0 atom stereocenters. The highest BCUT2D eigenvalue weighted by Gasteiger charge is 2.34. The van der Waals surface area contributed by atoms with Crippen LogP contribution in [-0.4, -0.2) is 35.3 Å². The van der Waals surface area contributed by atoms with Gasteiger partial charge < -0.3 is 5.32 Å². The van der Waals surface area contributed by atoms with Crippen LogP contribution in [0.15, 0.2) is 24.4 Å². The van der Waals surface area contributed by atoms with Crippen LogP contribution in [0.5, 0.6) is 0 Å². The molecular formula is C18H26N4O3S. The van der Waals surface area contributed by atoms with Gasteiger partial charge in [-0.25, -0.2) is 13.1 Å². The number of hydrogen-bond donors (Lipinski definition) is 3. The first kappa shape index (κ1) is 18.8. The predicted molar refractivity (Wildman–Crippen MR) is 102 cm³/mol. The summed E-state index contributed by atoms with van der Waals surface area (Å²) in [7, 11) is -3.36. The van der Waals surface area contributed by atoms with E-state index in [-0.39, 0.29) is 17.9 Å². The van der Waals surface area contributed by atoms with Crippen molar-refractivity contribution in [2.75, 3.05) is 5.32 Å². The van der Waals surface area contributed by atoms with Crippen molar-refractivity contribution >= 4 is 32.5 Å². The van der Waals surface area contributed by atoms with Gasteiger partial charge in [0.2, 0.25) is 15.9 Å². The maximum absolute atomic E-state index is 12.5. The Balaban J connectivity index is 1.55. The third-order valence-electron chi connectivity index (χ3n) is 4.93. The second kappa shape index (κ2) is 7.00. The number of hydrogen-bond acceptors (Lipinski definition) is 4. The number of fused-ring (bicyclic) bond motifs is 1. The summed E-state index contributed by atoms with van der Waals surface area (Å²) in [5, 5.41) is 10.8. The summed E-state index contributed by atoms with van der Waals surface area (Å²) in [5.41, 5.74) is 1.68. The van der Waals surface area contributed by atoms with Crippen LogP contribution in [0, 0.1) is 5.92 Å². The van der Waals surface area contributed by atoms with Crippen LogP contribution in [0.3, 0.4) is 0 Å². The van der Waals surface area contributed by atoms with Crippen LogP contribution < -0.4 is 10.0 Å². The monoisotopic (exact) mass is 378 g/mol. The van der Waals surface area contributed by atoms with Crippen molar-refractivity contribution in [3.63, 3.8) is 0 Å². The Kier molecular flexibility index (Phi) is 5.07. The van der Waals surface area contributed by atoms with Crippen LogP contribution in [0.25, 0.3) is 10.9 Å². The van der Waals surface area contributed by atoms with E-state index in [4.69, 9.17) is 0 Å². The Labute approximate surface area is 154 Å². The zero-order chi connectivity index (χ0) is 18.9. The number of aromatic nitrogens is 2. The quantitative estimate of drug-likeness (QED) is 0.761. The Morgan fingerprint density at radius 3 is 2.54 bits per heavy atom. The van der Waals surface area contributed by atoms with Gasteiger partial charge >= 0.3 is 0 Å². The van der Waals surface area contributed by atoms with Gasteiger partial charge in [-0.05, 0) is 64.7 Å². The summed E-state index contributed by atoms with van der Waals surface area (Å²) in [4.78, 5) is 12.5. The smallest absolute Gasteiger partial charge is 0.227 e. The topological polar surface area (TPSA) is 104 Å². The maximum Gasteiger partial charge on any atom is 0.227 e. The van der Waals surface area contributed by atoms with Crippen molar-refractivity contribution in [1.82, 2.24) is 14.9 Å². The first-order valence-corrected chi connectivity index (χ1v) is 10.4. The minimum atomic E-state index is -3.36. The standard InChI is InChI=1S/C18H26N4O3S/c1-18(2,3)26(24,25)22-14-6-4-12(5-7-14)17(23)20-15-8-9-16-13(10-15)11-19-21-16/h8-12,14,22H,4-7H2,1-3H3,(H,19,21)(H,20,23)/t12-,14-. The summed E-state index contributed by atoms with van der Waals surface area (Å²) < 4.78 is 26.5. The first-order chi connectivity index (χ1) is 12.2. The number of benzene rings is 1. The molecule has 142 valence electrons. The van der Waals surface area contributed by atoms with Crippen molar-refractivity contribution in [3.8, 4) is 0 Å². The summed E-state index contributed by atoms with van der Waals surface area (Å²) in [6, 6.07) is 5.53. The average molecular weight is 378 g/mol. The number of aromatic amines is 1. The number of sulfonamides is 1. The molecule has 0 unspecified atom stereocenters. The largest absolute Gasteiger partial charge is 0.326 e. The van der Waals surface area contributed by atoms with Crippen LogP contribution >= 0.6 is 0 Å². The van der Waals surface area contributed by atoms with E-state index in [1.807, 2.05) is 18.2 Å². The fourth-order valence-electron chi connectivity index (χ4n) is 3.13. The number of rotatable bonds is 4. The molecule has 26 heavy (non-hydrogen) atoms. The molecule has 0 bridgehead atoms. The lowest BCUT2D eigenvalue weighted by Gasteiger charge is -2.30. The second-order valence-corrected chi connectivity index (χ2v) is 10.4. The van der Waals surface area contributed by atoms with Gasteiger partial charge in [0, 0.05) is 23.0 Å². The average Bonchev–Trinajstić information content (AvgIpc) is 3.01. The van der Waals surface area contributed by atoms with E-state index >= 15 is 0 Å². The molecule has 1 aliphatic carbocycles. The summed E-state index contributed by atoms with van der Waals surface area (Å²) in [5.74, 6) is -0.101. The summed E-state index contributed by atoms with van der Waals surface area (Å²) in [6.07, 6.45) is 4.42. The molecule has 1 saturated carbocycles. The Morgan fingerprint density at radius 1 is 1.19 bits per heavy atom. The predicted octanol–water partition coefficient (Wildman–Crippen LogP) is 2.78. The number of amides is 1. The summed E-state index contributed by atoms with van der Waals surface area (Å²) >= 11 is 0. The highest BCUT2D eigenvalue weighted by atomic mass is 32.2. The third kappa shape index (κ3) is 4.07. The zero-order valence-corrected chi connectivity index (χ0v) is 16.2. The van der Waals surface area contributed by atoms with Crippen molar-refractivity contribution in [3.05, 3.63) is 24.4 Å². The molecular weight excluding hydrogens is 352 g/mol. The summed E-state index contributed by atoms with van der Waals surface area (Å²) in [6.45, 7) is 5.06. The Bertz CT molecular complexity index is 891. The molecule has 0 spiro atoms. The molecule has 1 fully saturated rings.